The number of nitrogens with zero attached hydrogens (tertiary/aromatic N) is 5. The minimum absolute atomic E-state index is 0.0925. The number of aromatic hydroxyl groups is 1. The minimum Gasteiger partial charge on any atom is -0.506 e. The minimum atomic E-state index is -3.57. The van der Waals surface area contributed by atoms with E-state index in [4.69, 9.17) is 9.47 Å². The van der Waals surface area contributed by atoms with Crippen molar-refractivity contribution < 1.29 is 27.8 Å². The number of hydrogen-bond acceptors (Lipinski definition) is 11. The number of phenols is 1. The number of esters is 1. The zero-order valence-corrected chi connectivity index (χ0v) is 20.6. The van der Waals surface area contributed by atoms with Gasteiger partial charge in [-0.1, -0.05) is 11.3 Å². The zero-order chi connectivity index (χ0) is 24.6. The maximum absolute atomic E-state index is 12.4. The van der Waals surface area contributed by atoms with E-state index in [-0.39, 0.29) is 28.7 Å². The van der Waals surface area contributed by atoms with Crippen LogP contribution in [0.15, 0.2) is 45.5 Å². The molecule has 13 heteroatoms. The molecule has 4 rings (SSSR count). The van der Waals surface area contributed by atoms with Crippen molar-refractivity contribution in [3.8, 4) is 11.5 Å². The van der Waals surface area contributed by atoms with Crippen molar-refractivity contribution in [3.05, 3.63) is 30.3 Å². The van der Waals surface area contributed by atoms with E-state index >= 15 is 0 Å². The Morgan fingerprint density at radius 2 is 2.09 bits per heavy atom. The molecule has 0 amide bonds. The molecular formula is C21H23N5O6S2. The molecule has 1 atom stereocenters. The van der Waals surface area contributed by atoms with E-state index in [0.29, 0.717) is 33.3 Å². The summed E-state index contributed by atoms with van der Waals surface area (Å²) in [5.41, 5.74) is 1.41. The number of carbonyl (C=O) groups is 1. The van der Waals surface area contributed by atoms with Gasteiger partial charge in [-0.3, -0.25) is 4.79 Å². The summed E-state index contributed by atoms with van der Waals surface area (Å²) in [6.45, 7) is 0.458. The van der Waals surface area contributed by atoms with Gasteiger partial charge in [0.15, 0.2) is 0 Å². The number of phenolic OH excluding ortho intramolecular Hbond substituents is 1. The highest BCUT2D eigenvalue weighted by Gasteiger charge is 2.27. The second-order valence-electron chi connectivity index (χ2n) is 7.82. The Morgan fingerprint density at radius 1 is 1.32 bits per heavy atom. The highest BCUT2D eigenvalue weighted by Crippen LogP contribution is 2.42. The first-order chi connectivity index (χ1) is 16.1. The van der Waals surface area contributed by atoms with Gasteiger partial charge in [-0.25, -0.2) is 17.7 Å². The van der Waals surface area contributed by atoms with Gasteiger partial charge in [-0.05, 0) is 18.2 Å². The number of benzene rings is 2. The van der Waals surface area contributed by atoms with Crippen LogP contribution in [0.25, 0.3) is 10.2 Å². The molecule has 0 saturated heterocycles. The maximum Gasteiger partial charge on any atom is 0.309 e. The van der Waals surface area contributed by atoms with E-state index in [0.717, 1.165) is 4.31 Å². The number of methoxy groups -OCH3 is 1. The molecule has 2 heterocycles. The third-order valence-corrected chi connectivity index (χ3v) is 7.94. The second-order valence-corrected chi connectivity index (χ2v) is 11.0. The van der Waals surface area contributed by atoms with Gasteiger partial charge in [-0.2, -0.15) is 0 Å². The summed E-state index contributed by atoms with van der Waals surface area (Å²) < 4.78 is 37.1. The lowest BCUT2D eigenvalue weighted by atomic mass is 10.1. The van der Waals surface area contributed by atoms with E-state index in [1.54, 1.807) is 18.2 Å². The second kappa shape index (κ2) is 9.16. The van der Waals surface area contributed by atoms with Crippen LogP contribution in [-0.2, 0) is 19.6 Å². The van der Waals surface area contributed by atoms with E-state index < -0.39 is 16.1 Å². The highest BCUT2D eigenvalue weighted by atomic mass is 32.2. The lowest BCUT2D eigenvalue weighted by molar-refractivity contribution is -0.142. The fourth-order valence-electron chi connectivity index (χ4n) is 3.42. The van der Waals surface area contributed by atoms with E-state index in [1.807, 2.05) is 11.9 Å². The van der Waals surface area contributed by atoms with Crippen LogP contribution < -0.4 is 9.64 Å². The molecule has 0 aliphatic carbocycles. The topological polar surface area (TPSA) is 134 Å². The fraction of sp³-hybridized carbons (Fsp3) is 0.333. The predicted molar refractivity (Wildman–Crippen MR) is 127 cm³/mol. The number of rotatable bonds is 6. The zero-order valence-electron chi connectivity index (χ0n) is 18.9. The Hall–Kier alpha value is -3.29. The normalized spacial score (nSPS) is 16.1. The molecule has 1 unspecified atom stereocenters. The van der Waals surface area contributed by atoms with Gasteiger partial charge < -0.3 is 19.5 Å². The number of fused-ring (bicyclic) bond motifs is 2. The molecule has 0 spiro atoms. The van der Waals surface area contributed by atoms with Gasteiger partial charge in [0.25, 0.3) is 0 Å². The first-order valence-corrected chi connectivity index (χ1v) is 12.4. The van der Waals surface area contributed by atoms with Gasteiger partial charge in [-0.15, -0.1) is 10.2 Å². The first kappa shape index (κ1) is 23.9. The van der Waals surface area contributed by atoms with Crippen LogP contribution in [0.4, 0.5) is 16.5 Å². The number of carbonyl (C=O) groups excluding carboxylic acids is 1. The largest absolute Gasteiger partial charge is 0.506 e. The Bertz CT molecular complexity index is 1390. The van der Waals surface area contributed by atoms with Crippen molar-refractivity contribution >= 4 is 54.1 Å². The summed E-state index contributed by atoms with van der Waals surface area (Å²) in [5, 5.41) is 19.0. The van der Waals surface area contributed by atoms with Crippen LogP contribution in [0.1, 0.15) is 6.42 Å². The smallest absolute Gasteiger partial charge is 0.309 e. The summed E-state index contributed by atoms with van der Waals surface area (Å²) in [4.78, 5) is 18.0. The molecule has 1 aliphatic rings. The molecule has 0 fully saturated rings. The fourth-order valence-corrected chi connectivity index (χ4v) is 5.25. The van der Waals surface area contributed by atoms with E-state index in [1.165, 1.54) is 44.7 Å². The van der Waals surface area contributed by atoms with Gasteiger partial charge >= 0.3 is 5.97 Å². The number of ether oxygens (including phenoxy) is 2. The quantitative estimate of drug-likeness (QED) is 0.398. The molecule has 0 radical (unpaired) electrons. The van der Waals surface area contributed by atoms with Crippen molar-refractivity contribution in [2.24, 2.45) is 10.2 Å². The van der Waals surface area contributed by atoms with Gasteiger partial charge in [0.2, 0.25) is 15.2 Å². The number of anilines is 1. The van der Waals surface area contributed by atoms with Crippen LogP contribution in [0.2, 0.25) is 0 Å². The number of azo groups is 1. The first-order valence-electron chi connectivity index (χ1n) is 10.1. The molecule has 1 N–H and O–H groups in total. The lowest BCUT2D eigenvalue weighted by Gasteiger charge is -2.33. The van der Waals surface area contributed by atoms with Crippen molar-refractivity contribution in [3.63, 3.8) is 0 Å². The van der Waals surface area contributed by atoms with Crippen LogP contribution in [-0.4, -0.2) is 69.7 Å². The highest BCUT2D eigenvalue weighted by molar-refractivity contribution is 7.89. The average Bonchev–Trinajstić information content (AvgIpc) is 3.20. The number of hydrogen-bond donors (Lipinski definition) is 1. The number of aromatic nitrogens is 1. The average molecular weight is 506 g/mol. The summed E-state index contributed by atoms with van der Waals surface area (Å²) in [7, 11) is 2.52. The molecule has 34 heavy (non-hydrogen) atoms. The van der Waals surface area contributed by atoms with Crippen molar-refractivity contribution in [2.75, 3.05) is 39.7 Å². The standard InChI is InChI=1S/C21H23N5O6S2/c1-25(2)34(29,30)13-5-6-14-19(8-13)33-21(22-14)24-23-15-9-18-16(10-17(15)27)26(3)11-12(32-18)7-20(28)31-4/h5-6,8-10,12,27H,7,11H2,1-4H3. The van der Waals surface area contributed by atoms with Crippen LogP contribution in [0.3, 0.4) is 0 Å². The molecule has 0 bridgehead atoms. The Labute approximate surface area is 200 Å². The number of sulfonamides is 1. The van der Waals surface area contributed by atoms with E-state index in [2.05, 4.69) is 15.2 Å². The van der Waals surface area contributed by atoms with Crippen LogP contribution in [0, 0.1) is 0 Å². The molecule has 1 aliphatic heterocycles. The van der Waals surface area contributed by atoms with Crippen molar-refractivity contribution in [1.29, 1.82) is 0 Å². The molecule has 11 nitrogen and oxygen atoms in total. The summed E-state index contributed by atoms with van der Waals surface area (Å²) in [6.07, 6.45) is -0.314. The monoisotopic (exact) mass is 505 g/mol. The summed E-state index contributed by atoms with van der Waals surface area (Å²) >= 11 is 1.18. The van der Waals surface area contributed by atoms with Gasteiger partial charge in [0.05, 0.1) is 40.9 Å². The molecule has 180 valence electrons. The lowest BCUT2D eigenvalue weighted by Crippen LogP contribution is -2.39. The summed E-state index contributed by atoms with van der Waals surface area (Å²) in [5.74, 6) is -0.0139. The third-order valence-electron chi connectivity index (χ3n) is 5.23. The Kier molecular flexibility index (Phi) is 6.43. The van der Waals surface area contributed by atoms with Gasteiger partial charge in [0.1, 0.15) is 23.3 Å². The van der Waals surface area contributed by atoms with Gasteiger partial charge in [0, 0.05) is 33.3 Å². The molecule has 0 saturated carbocycles. The Morgan fingerprint density at radius 3 is 2.79 bits per heavy atom. The van der Waals surface area contributed by atoms with Crippen molar-refractivity contribution in [1.82, 2.24) is 9.29 Å². The van der Waals surface area contributed by atoms with Crippen LogP contribution >= 0.6 is 11.3 Å². The van der Waals surface area contributed by atoms with E-state index in [9.17, 15) is 18.3 Å². The number of thiazole rings is 1. The predicted octanol–water partition coefficient (Wildman–Crippen LogP) is 3.43. The molecule has 1 aromatic heterocycles. The Balaban J connectivity index is 1.60. The third kappa shape index (κ3) is 4.67. The molecule has 3 aromatic rings. The molecule has 2 aromatic carbocycles. The van der Waals surface area contributed by atoms with Crippen LogP contribution in [0.5, 0.6) is 11.5 Å². The van der Waals surface area contributed by atoms with Crippen molar-refractivity contribution in [2.45, 2.75) is 17.4 Å². The number of likely N-dealkylation sites (N-methyl/N-ethyl adjacent to an activating group) is 1. The maximum atomic E-state index is 12.4. The molecular weight excluding hydrogens is 482 g/mol. The SMILES string of the molecule is COC(=O)CC1CN(C)c2cc(O)c(N=Nc3nc4ccc(S(=O)(=O)N(C)C)cc4s3)cc2O1. The summed E-state index contributed by atoms with van der Waals surface area (Å²) in [6, 6.07) is 7.72.